The first kappa shape index (κ1) is 14.7. The van der Waals surface area contributed by atoms with Crippen molar-refractivity contribution in [2.24, 2.45) is 11.7 Å². The molecule has 1 heterocycles. The molecule has 8 heteroatoms. The fraction of sp³-hybridized carbons (Fsp3) is 1.00. The third kappa shape index (κ3) is 3.84. The van der Waals surface area contributed by atoms with Gasteiger partial charge in [0.2, 0.25) is 0 Å². The molecule has 0 radical (unpaired) electrons. The molecule has 0 aliphatic carbocycles. The van der Waals surface area contributed by atoms with Crippen LogP contribution in [-0.2, 0) is 10.2 Å². The molecule has 2 N–H and O–H groups in total. The molecule has 0 saturated carbocycles. The van der Waals surface area contributed by atoms with Crippen LogP contribution in [0.25, 0.3) is 0 Å². The Morgan fingerprint density at radius 2 is 1.94 bits per heavy atom. The van der Waals surface area contributed by atoms with Gasteiger partial charge in [-0.1, -0.05) is 0 Å². The summed E-state index contributed by atoms with van der Waals surface area (Å²) in [4.78, 5) is 0. The third-order valence-electron chi connectivity index (χ3n) is 3.02. The zero-order chi connectivity index (χ0) is 13.1. The van der Waals surface area contributed by atoms with Gasteiger partial charge in [0, 0.05) is 20.1 Å². The van der Waals surface area contributed by atoms with E-state index < -0.39 is 23.2 Å². The van der Waals surface area contributed by atoms with Crippen molar-refractivity contribution < 1.29 is 17.2 Å². The maximum atomic E-state index is 12.2. The minimum Gasteiger partial charge on any atom is -0.330 e. The van der Waals surface area contributed by atoms with E-state index in [1.165, 1.54) is 11.4 Å². The van der Waals surface area contributed by atoms with Gasteiger partial charge in [0.1, 0.15) is 0 Å². The summed E-state index contributed by atoms with van der Waals surface area (Å²) in [5.41, 5.74) is 5.51. The number of halogens is 2. The molecule has 1 rings (SSSR count). The van der Waals surface area contributed by atoms with E-state index in [1.54, 1.807) is 0 Å². The van der Waals surface area contributed by atoms with E-state index in [0.29, 0.717) is 42.7 Å². The Labute approximate surface area is 101 Å². The molecule has 0 spiro atoms. The van der Waals surface area contributed by atoms with Crippen LogP contribution in [0, 0.1) is 5.92 Å². The molecule has 1 fully saturated rings. The predicted octanol–water partition coefficient (Wildman–Crippen LogP) is 0.0988. The summed E-state index contributed by atoms with van der Waals surface area (Å²) in [6.07, 6.45) is -1.27. The molecule has 102 valence electrons. The molecule has 0 unspecified atom stereocenters. The molecule has 0 aromatic heterocycles. The van der Waals surface area contributed by atoms with E-state index >= 15 is 0 Å². The minimum absolute atomic E-state index is 0.335. The average molecular weight is 271 g/mol. The van der Waals surface area contributed by atoms with Gasteiger partial charge in [-0.05, 0) is 25.3 Å². The van der Waals surface area contributed by atoms with Crippen molar-refractivity contribution >= 4 is 10.2 Å². The van der Waals surface area contributed by atoms with Crippen LogP contribution in [0.3, 0.4) is 0 Å². The summed E-state index contributed by atoms with van der Waals surface area (Å²) in [5, 5.41) is 0. The Hall–Kier alpha value is -0.310. The van der Waals surface area contributed by atoms with Crippen molar-refractivity contribution in [2.45, 2.75) is 19.3 Å². The van der Waals surface area contributed by atoms with Gasteiger partial charge in [0.05, 0.1) is 6.54 Å². The maximum Gasteiger partial charge on any atom is 0.281 e. The number of nitrogens with two attached hydrogens (primary N) is 1. The highest BCUT2D eigenvalue weighted by molar-refractivity contribution is 7.86. The first-order chi connectivity index (χ1) is 7.87. The van der Waals surface area contributed by atoms with E-state index in [2.05, 4.69) is 0 Å². The molecular weight excluding hydrogens is 252 g/mol. The molecule has 1 aliphatic rings. The highest BCUT2D eigenvalue weighted by atomic mass is 32.2. The Kier molecular flexibility index (Phi) is 5.23. The number of rotatable bonds is 5. The lowest BCUT2D eigenvalue weighted by Gasteiger charge is -2.33. The lowest BCUT2D eigenvalue weighted by atomic mass is 9.99. The van der Waals surface area contributed by atoms with E-state index in [1.807, 2.05) is 0 Å². The number of hydrogen-bond acceptors (Lipinski definition) is 3. The molecule has 0 amide bonds. The quantitative estimate of drug-likeness (QED) is 0.771. The van der Waals surface area contributed by atoms with Crippen molar-refractivity contribution in [2.75, 3.05) is 33.2 Å². The molecule has 1 aliphatic heterocycles. The van der Waals surface area contributed by atoms with Crippen molar-refractivity contribution in [3.05, 3.63) is 0 Å². The zero-order valence-electron chi connectivity index (χ0n) is 9.85. The fourth-order valence-corrected chi connectivity index (χ4v) is 3.23. The van der Waals surface area contributed by atoms with Crippen LogP contribution < -0.4 is 5.73 Å². The highest BCUT2D eigenvalue weighted by Crippen LogP contribution is 2.20. The van der Waals surface area contributed by atoms with Crippen molar-refractivity contribution in [3.63, 3.8) is 0 Å². The van der Waals surface area contributed by atoms with Crippen molar-refractivity contribution in [1.29, 1.82) is 0 Å². The van der Waals surface area contributed by atoms with E-state index in [4.69, 9.17) is 5.73 Å². The zero-order valence-corrected chi connectivity index (χ0v) is 10.7. The SMILES string of the molecule is CN(CC(F)F)S(=O)(=O)N1CCC(CN)CC1. The minimum atomic E-state index is -3.74. The van der Waals surface area contributed by atoms with Gasteiger partial charge < -0.3 is 5.73 Å². The Morgan fingerprint density at radius 1 is 1.41 bits per heavy atom. The fourth-order valence-electron chi connectivity index (χ4n) is 1.86. The van der Waals surface area contributed by atoms with Crippen LogP contribution in [0.2, 0.25) is 0 Å². The average Bonchev–Trinajstić information content (AvgIpc) is 2.28. The first-order valence-electron chi connectivity index (χ1n) is 5.57. The third-order valence-corrected chi connectivity index (χ3v) is 4.98. The molecular formula is C9H19F2N3O2S. The van der Waals surface area contributed by atoms with E-state index in [9.17, 15) is 17.2 Å². The monoisotopic (exact) mass is 271 g/mol. The van der Waals surface area contributed by atoms with Crippen LogP contribution in [-0.4, -0.2) is 56.7 Å². The van der Waals surface area contributed by atoms with Gasteiger partial charge in [0.15, 0.2) is 0 Å². The van der Waals surface area contributed by atoms with Crippen LogP contribution in [0.5, 0.6) is 0 Å². The number of alkyl halides is 2. The van der Waals surface area contributed by atoms with Gasteiger partial charge in [-0.2, -0.15) is 17.0 Å². The molecule has 1 saturated heterocycles. The standard InChI is InChI=1S/C9H19F2N3O2S/c1-13(7-9(10)11)17(15,16)14-4-2-8(6-12)3-5-14/h8-9H,2-7,12H2,1H3. The summed E-state index contributed by atoms with van der Waals surface area (Å²) in [6, 6.07) is 0. The topological polar surface area (TPSA) is 66.6 Å². The number of hydrogen-bond donors (Lipinski definition) is 1. The largest absolute Gasteiger partial charge is 0.330 e. The first-order valence-corrected chi connectivity index (χ1v) is 6.97. The van der Waals surface area contributed by atoms with E-state index in [0.717, 1.165) is 0 Å². The number of piperidine rings is 1. The summed E-state index contributed by atoms with van der Waals surface area (Å²) < 4.78 is 50.1. The van der Waals surface area contributed by atoms with Crippen molar-refractivity contribution in [3.8, 4) is 0 Å². The van der Waals surface area contributed by atoms with Crippen LogP contribution in [0.1, 0.15) is 12.8 Å². The summed E-state index contributed by atoms with van der Waals surface area (Å²) in [5.74, 6) is 0.335. The van der Waals surface area contributed by atoms with Crippen LogP contribution in [0.4, 0.5) is 8.78 Å². The smallest absolute Gasteiger partial charge is 0.281 e. The molecule has 0 atom stereocenters. The Bertz CT molecular complexity index is 329. The second-order valence-electron chi connectivity index (χ2n) is 4.26. The van der Waals surface area contributed by atoms with Crippen LogP contribution in [0.15, 0.2) is 0 Å². The number of nitrogens with zero attached hydrogens (tertiary/aromatic N) is 2. The second-order valence-corrected chi connectivity index (χ2v) is 6.29. The Balaban J connectivity index is 2.59. The van der Waals surface area contributed by atoms with Crippen LogP contribution >= 0.6 is 0 Å². The lowest BCUT2D eigenvalue weighted by molar-refractivity contribution is 0.123. The normalized spacial score (nSPS) is 20.4. The molecule has 0 bridgehead atoms. The van der Waals surface area contributed by atoms with Gasteiger partial charge in [-0.25, -0.2) is 8.78 Å². The van der Waals surface area contributed by atoms with Gasteiger partial charge in [-0.15, -0.1) is 0 Å². The lowest BCUT2D eigenvalue weighted by Crippen LogP contribution is -2.47. The van der Waals surface area contributed by atoms with E-state index in [-0.39, 0.29) is 0 Å². The maximum absolute atomic E-state index is 12.2. The Morgan fingerprint density at radius 3 is 2.35 bits per heavy atom. The van der Waals surface area contributed by atoms with Crippen molar-refractivity contribution in [1.82, 2.24) is 8.61 Å². The molecule has 0 aromatic carbocycles. The van der Waals surface area contributed by atoms with Gasteiger partial charge in [-0.3, -0.25) is 0 Å². The predicted molar refractivity (Wildman–Crippen MR) is 60.9 cm³/mol. The summed E-state index contributed by atoms with van der Waals surface area (Å²) in [7, 11) is -2.57. The molecule has 17 heavy (non-hydrogen) atoms. The second kappa shape index (κ2) is 6.03. The highest BCUT2D eigenvalue weighted by Gasteiger charge is 2.31. The summed E-state index contributed by atoms with van der Waals surface area (Å²) >= 11 is 0. The summed E-state index contributed by atoms with van der Waals surface area (Å²) in [6.45, 7) is 0.496. The van der Waals surface area contributed by atoms with Gasteiger partial charge in [0.25, 0.3) is 16.6 Å². The molecule has 0 aromatic rings. The molecule has 5 nitrogen and oxygen atoms in total. The van der Waals surface area contributed by atoms with Gasteiger partial charge >= 0.3 is 0 Å².